The van der Waals surface area contributed by atoms with Gasteiger partial charge in [0.2, 0.25) is 23.6 Å². The number of carboxylic acid groups (broad SMARTS) is 2. The minimum atomic E-state index is -1.03. The van der Waals surface area contributed by atoms with E-state index in [1.165, 1.54) is 34.6 Å². The first-order chi connectivity index (χ1) is 21.4. The molecule has 46 heavy (non-hydrogen) atoms. The number of aliphatic carboxylic acids is 2. The van der Waals surface area contributed by atoms with Crippen molar-refractivity contribution < 1.29 is 48.6 Å². The summed E-state index contributed by atoms with van der Waals surface area (Å²) >= 11 is 0. The number of nitrogens with one attached hydrogen (secondary N) is 4. The predicted octanol–water partition coefficient (Wildman–Crippen LogP) is 1.32. The van der Waals surface area contributed by atoms with Crippen LogP contribution in [0.25, 0.3) is 0 Å². The maximum Gasteiger partial charge on any atom is 0.322 e. The number of benzene rings is 2. The van der Waals surface area contributed by atoms with Crippen LogP contribution in [0.2, 0.25) is 0 Å². The van der Waals surface area contributed by atoms with Crippen LogP contribution in [0, 0.1) is 0 Å². The number of carbonyl (C=O) groups excluding carboxylic acids is 6. The second-order valence-corrected chi connectivity index (χ2v) is 9.82. The van der Waals surface area contributed by atoms with Gasteiger partial charge >= 0.3 is 11.9 Å². The molecule has 0 aliphatic heterocycles. The molecule has 0 spiro atoms. The van der Waals surface area contributed by atoms with Gasteiger partial charge in [-0.3, -0.25) is 38.4 Å². The van der Waals surface area contributed by atoms with Gasteiger partial charge in [-0.05, 0) is 36.1 Å². The minimum absolute atomic E-state index is 0.0276. The first kappa shape index (κ1) is 42.7. The van der Waals surface area contributed by atoms with Crippen LogP contribution in [0.5, 0.6) is 0 Å². The zero-order chi connectivity index (χ0) is 35.7. The predicted molar refractivity (Wildman–Crippen MR) is 169 cm³/mol. The van der Waals surface area contributed by atoms with E-state index in [4.69, 9.17) is 10.2 Å². The maximum atomic E-state index is 10.9. The van der Waals surface area contributed by atoms with Gasteiger partial charge in [0.05, 0.1) is 13.0 Å². The van der Waals surface area contributed by atoms with Crippen molar-refractivity contribution in [2.45, 2.75) is 67.5 Å². The van der Waals surface area contributed by atoms with Gasteiger partial charge in [0.25, 0.3) is 0 Å². The van der Waals surface area contributed by atoms with E-state index in [0.717, 1.165) is 22.3 Å². The lowest BCUT2D eigenvalue weighted by molar-refractivity contribution is -0.137. The number of hydrogen-bond acceptors (Lipinski definition) is 8. The number of hydrogen-bond donors (Lipinski definition) is 6. The summed E-state index contributed by atoms with van der Waals surface area (Å²) in [6.45, 7) is 9.46. The van der Waals surface area contributed by atoms with Crippen molar-refractivity contribution in [3.8, 4) is 0 Å². The molecule has 2 aromatic carbocycles. The van der Waals surface area contributed by atoms with E-state index in [9.17, 15) is 38.4 Å². The third-order valence-electron chi connectivity index (χ3n) is 5.01. The summed E-state index contributed by atoms with van der Waals surface area (Å²) in [6, 6.07) is 14.8. The van der Waals surface area contributed by atoms with Gasteiger partial charge in [-0.2, -0.15) is 0 Å². The topological polar surface area (TPSA) is 225 Å². The van der Waals surface area contributed by atoms with Crippen LogP contribution in [0.3, 0.4) is 0 Å². The third-order valence-corrected chi connectivity index (χ3v) is 5.01. The Morgan fingerprint density at radius 3 is 1.00 bits per heavy atom. The second kappa shape index (κ2) is 25.0. The summed E-state index contributed by atoms with van der Waals surface area (Å²) < 4.78 is 0. The number of rotatable bonds is 12. The van der Waals surface area contributed by atoms with Gasteiger partial charge in [-0.1, -0.05) is 48.5 Å². The van der Waals surface area contributed by atoms with Crippen molar-refractivity contribution in [1.29, 1.82) is 0 Å². The van der Waals surface area contributed by atoms with Gasteiger partial charge in [-0.25, -0.2) is 0 Å². The van der Waals surface area contributed by atoms with E-state index in [1.807, 2.05) is 36.4 Å². The molecule has 6 N–H and O–H groups in total. The SMILES string of the molecule is CC(=O)CNC(C)=O.CC(=O)Cc1ccc(CNC(C)=O)cc1.CC(=O)NCC(=O)O.CC(=O)NCc1ccc(CC(=O)O)cc1. The van der Waals surface area contributed by atoms with E-state index in [1.54, 1.807) is 19.1 Å². The average molecular weight is 645 g/mol. The summed E-state index contributed by atoms with van der Waals surface area (Å²) in [4.78, 5) is 82.5. The van der Waals surface area contributed by atoms with Crippen LogP contribution in [0.1, 0.15) is 63.8 Å². The Bertz CT molecular complexity index is 1180. The Kier molecular flexibility index (Phi) is 23.2. The van der Waals surface area contributed by atoms with Crippen LogP contribution in [-0.2, 0) is 64.3 Å². The second-order valence-electron chi connectivity index (χ2n) is 9.82. The average Bonchev–Trinajstić information content (AvgIpc) is 2.94. The number of amides is 4. The molecular weight excluding hydrogens is 600 g/mol. The molecule has 0 atom stereocenters. The van der Waals surface area contributed by atoms with E-state index in [0.29, 0.717) is 19.5 Å². The first-order valence-electron chi connectivity index (χ1n) is 14.0. The molecule has 0 bridgehead atoms. The molecule has 14 heteroatoms. The molecule has 2 aromatic rings. The highest BCUT2D eigenvalue weighted by Crippen LogP contribution is 2.06. The van der Waals surface area contributed by atoms with E-state index in [2.05, 4.69) is 21.3 Å². The third kappa shape index (κ3) is 30.1. The van der Waals surface area contributed by atoms with Crippen LogP contribution in [-0.4, -0.2) is 70.4 Å². The highest BCUT2D eigenvalue weighted by atomic mass is 16.4. The fourth-order valence-corrected chi connectivity index (χ4v) is 2.91. The van der Waals surface area contributed by atoms with E-state index in [-0.39, 0.29) is 54.7 Å². The monoisotopic (exact) mass is 644 g/mol. The van der Waals surface area contributed by atoms with Gasteiger partial charge < -0.3 is 31.5 Å². The number of Topliss-reactive ketones (excluding diaryl/α,β-unsaturated/α-hetero) is 2. The minimum Gasteiger partial charge on any atom is -0.481 e. The summed E-state index contributed by atoms with van der Waals surface area (Å²) in [5, 5.41) is 26.3. The van der Waals surface area contributed by atoms with Crippen LogP contribution in [0.15, 0.2) is 48.5 Å². The van der Waals surface area contributed by atoms with Crippen molar-refractivity contribution in [3.63, 3.8) is 0 Å². The Hall–Kier alpha value is -5.40. The molecular formula is C32H44N4O10. The van der Waals surface area contributed by atoms with Crippen LogP contribution in [0.4, 0.5) is 0 Å². The molecule has 0 radical (unpaired) electrons. The molecule has 14 nitrogen and oxygen atoms in total. The fourth-order valence-electron chi connectivity index (χ4n) is 2.91. The maximum absolute atomic E-state index is 10.9. The van der Waals surface area contributed by atoms with Crippen molar-refractivity contribution in [1.82, 2.24) is 21.3 Å². The van der Waals surface area contributed by atoms with Crippen molar-refractivity contribution in [2.24, 2.45) is 0 Å². The molecule has 0 fully saturated rings. The van der Waals surface area contributed by atoms with E-state index >= 15 is 0 Å². The largest absolute Gasteiger partial charge is 0.481 e. The molecule has 0 aliphatic rings. The Balaban J connectivity index is 0. The highest BCUT2D eigenvalue weighted by Gasteiger charge is 2.01. The molecule has 0 unspecified atom stereocenters. The first-order valence-corrected chi connectivity index (χ1v) is 14.0. The molecule has 0 saturated carbocycles. The van der Waals surface area contributed by atoms with Gasteiger partial charge in [0, 0.05) is 47.2 Å². The highest BCUT2D eigenvalue weighted by molar-refractivity contribution is 5.83. The molecule has 2 rings (SSSR count). The summed E-state index contributed by atoms with van der Waals surface area (Å²) in [6.07, 6.45) is 0.501. The fraction of sp³-hybridized carbons (Fsp3) is 0.375. The van der Waals surface area contributed by atoms with Gasteiger partial charge in [0.15, 0.2) is 0 Å². The van der Waals surface area contributed by atoms with Crippen molar-refractivity contribution in [3.05, 3.63) is 70.8 Å². The Morgan fingerprint density at radius 2 is 0.761 bits per heavy atom. The number of ketones is 2. The normalized spacial score (nSPS) is 9.17. The Morgan fingerprint density at radius 1 is 0.435 bits per heavy atom. The summed E-state index contributed by atoms with van der Waals surface area (Å²) in [7, 11) is 0. The molecule has 4 amide bonds. The summed E-state index contributed by atoms with van der Waals surface area (Å²) in [5.41, 5.74) is 3.76. The van der Waals surface area contributed by atoms with Gasteiger partial charge in [-0.15, -0.1) is 0 Å². The zero-order valence-corrected chi connectivity index (χ0v) is 27.0. The lowest BCUT2D eigenvalue weighted by Crippen LogP contribution is -2.26. The molecule has 0 aromatic heterocycles. The molecule has 252 valence electrons. The summed E-state index contributed by atoms with van der Waals surface area (Å²) in [5.74, 6) is -2.35. The Labute approximate surface area is 268 Å². The number of carbonyl (C=O) groups is 8. The smallest absolute Gasteiger partial charge is 0.322 e. The van der Waals surface area contributed by atoms with E-state index < -0.39 is 11.9 Å². The number of carboxylic acids is 2. The lowest BCUT2D eigenvalue weighted by Gasteiger charge is -2.03. The molecule has 0 heterocycles. The standard InChI is InChI=1S/C12H15NO2.C11H13NO3.C5H9NO2.C4H7NO3/c1-9(14)7-11-3-5-12(6-4-11)8-13-10(2)15;1-8(13)12-7-10-4-2-9(3-5-10)6-11(14)15;1-4(7)3-6-5(2)8;1-3(6)5-2-4(7)8/h3-6H,7-8H2,1-2H3,(H,13,15);2-5H,6-7H2,1H3,(H,12,13)(H,14,15);3H2,1-2H3,(H,6,8);2H2,1H3,(H,5,6)(H,7,8). The lowest BCUT2D eigenvalue weighted by atomic mass is 10.1. The van der Waals surface area contributed by atoms with Crippen LogP contribution >= 0.6 is 0 Å². The van der Waals surface area contributed by atoms with Crippen molar-refractivity contribution >= 4 is 47.1 Å². The quantitative estimate of drug-likeness (QED) is 0.194. The van der Waals surface area contributed by atoms with Crippen LogP contribution < -0.4 is 21.3 Å². The molecule has 0 saturated heterocycles. The van der Waals surface area contributed by atoms with Gasteiger partial charge in [0.1, 0.15) is 18.1 Å². The van der Waals surface area contributed by atoms with Crippen molar-refractivity contribution in [2.75, 3.05) is 13.1 Å². The molecule has 0 aliphatic carbocycles. The zero-order valence-electron chi connectivity index (χ0n) is 27.0.